The topological polar surface area (TPSA) is 110 Å². The second kappa shape index (κ2) is 7.37. The molecule has 134 valence electrons. The standard InChI is InChI=1S/C16H23N7O2/c1-22(8-3-9-23(2)16(24)25)15-17-7-6-13(19-15)18-14-10-12(20-21-14)11-4-5-11/h6-7,10-11H,3-5,8-9H2,1-2H3,(H,24,25)(H2,17,18,19,20,21). The minimum absolute atomic E-state index is 0.467. The molecule has 25 heavy (non-hydrogen) atoms. The van der Waals surface area contributed by atoms with Crippen LogP contribution >= 0.6 is 0 Å². The summed E-state index contributed by atoms with van der Waals surface area (Å²) in [4.78, 5) is 22.7. The summed E-state index contributed by atoms with van der Waals surface area (Å²) < 4.78 is 0. The molecule has 0 unspecified atom stereocenters. The molecule has 3 N–H and O–H groups in total. The fourth-order valence-corrected chi connectivity index (χ4v) is 2.48. The molecule has 3 rings (SSSR count). The van der Waals surface area contributed by atoms with Gasteiger partial charge in [-0.25, -0.2) is 9.78 Å². The molecule has 0 spiro atoms. The molecule has 1 aliphatic rings. The average molecular weight is 345 g/mol. The van der Waals surface area contributed by atoms with Gasteiger partial charge in [-0.1, -0.05) is 0 Å². The van der Waals surface area contributed by atoms with Crippen molar-refractivity contribution in [2.45, 2.75) is 25.2 Å². The molecule has 9 heteroatoms. The van der Waals surface area contributed by atoms with Crippen LogP contribution in [0.3, 0.4) is 0 Å². The van der Waals surface area contributed by atoms with Gasteiger partial charge in [0.25, 0.3) is 0 Å². The van der Waals surface area contributed by atoms with Crippen molar-refractivity contribution in [3.05, 3.63) is 24.0 Å². The van der Waals surface area contributed by atoms with Gasteiger partial charge < -0.3 is 20.2 Å². The van der Waals surface area contributed by atoms with Gasteiger partial charge in [-0.2, -0.15) is 10.1 Å². The Labute approximate surface area is 146 Å². The largest absolute Gasteiger partial charge is 0.465 e. The van der Waals surface area contributed by atoms with Gasteiger partial charge in [-0.3, -0.25) is 5.10 Å². The number of aromatic nitrogens is 4. The molecular weight excluding hydrogens is 322 g/mol. The zero-order chi connectivity index (χ0) is 17.8. The third-order valence-corrected chi connectivity index (χ3v) is 4.17. The van der Waals surface area contributed by atoms with Crippen LogP contribution in [0.1, 0.15) is 30.9 Å². The van der Waals surface area contributed by atoms with Gasteiger partial charge in [0.1, 0.15) is 5.82 Å². The van der Waals surface area contributed by atoms with Crippen molar-refractivity contribution in [1.82, 2.24) is 25.1 Å². The number of hydrogen-bond donors (Lipinski definition) is 3. The lowest BCUT2D eigenvalue weighted by Crippen LogP contribution is -2.29. The minimum Gasteiger partial charge on any atom is -0.465 e. The number of nitrogens with zero attached hydrogens (tertiary/aromatic N) is 5. The van der Waals surface area contributed by atoms with Crippen molar-refractivity contribution in [2.75, 3.05) is 37.4 Å². The maximum absolute atomic E-state index is 10.8. The van der Waals surface area contributed by atoms with E-state index in [-0.39, 0.29) is 0 Å². The normalized spacial score (nSPS) is 13.5. The summed E-state index contributed by atoms with van der Waals surface area (Å²) in [5.74, 6) is 2.63. The summed E-state index contributed by atoms with van der Waals surface area (Å²) in [7, 11) is 3.45. The SMILES string of the molecule is CN(CCCN(C)c1nccc(Nc2cc(C3CC3)[nH]n2)n1)C(=O)O. The van der Waals surface area contributed by atoms with Crippen molar-refractivity contribution in [1.29, 1.82) is 0 Å². The number of rotatable bonds is 8. The van der Waals surface area contributed by atoms with Crippen molar-refractivity contribution in [3.8, 4) is 0 Å². The predicted molar refractivity (Wildman–Crippen MR) is 94.4 cm³/mol. The number of nitrogens with one attached hydrogen (secondary N) is 2. The molecule has 2 heterocycles. The average Bonchev–Trinajstić information content (AvgIpc) is 3.35. The molecule has 2 aromatic heterocycles. The number of amides is 1. The van der Waals surface area contributed by atoms with Gasteiger partial charge in [0, 0.05) is 51.1 Å². The Bertz CT molecular complexity index is 729. The first-order chi connectivity index (χ1) is 12.0. The molecule has 1 saturated carbocycles. The van der Waals surface area contributed by atoms with Crippen LogP contribution in [0.15, 0.2) is 18.3 Å². The van der Waals surface area contributed by atoms with Crippen LogP contribution in [0.25, 0.3) is 0 Å². The molecular formula is C16H23N7O2. The molecule has 0 aromatic carbocycles. The van der Waals surface area contributed by atoms with Crippen molar-refractivity contribution in [3.63, 3.8) is 0 Å². The monoisotopic (exact) mass is 345 g/mol. The number of carbonyl (C=O) groups is 1. The quantitative estimate of drug-likeness (QED) is 0.673. The Morgan fingerprint density at radius 1 is 1.36 bits per heavy atom. The van der Waals surface area contributed by atoms with Gasteiger partial charge >= 0.3 is 6.09 Å². The van der Waals surface area contributed by atoms with E-state index in [4.69, 9.17) is 5.11 Å². The van der Waals surface area contributed by atoms with Gasteiger partial charge in [-0.15, -0.1) is 0 Å². The smallest absolute Gasteiger partial charge is 0.407 e. The fourth-order valence-electron chi connectivity index (χ4n) is 2.48. The predicted octanol–water partition coefficient (Wildman–Crippen LogP) is 2.26. The van der Waals surface area contributed by atoms with E-state index in [1.54, 1.807) is 19.3 Å². The van der Waals surface area contributed by atoms with Crippen LogP contribution in [0, 0.1) is 0 Å². The molecule has 1 amide bonds. The highest BCUT2D eigenvalue weighted by Gasteiger charge is 2.25. The summed E-state index contributed by atoms with van der Waals surface area (Å²) in [5.41, 5.74) is 1.16. The summed E-state index contributed by atoms with van der Waals surface area (Å²) in [5, 5.41) is 19.4. The molecule has 0 radical (unpaired) electrons. The maximum Gasteiger partial charge on any atom is 0.407 e. The number of aromatic amines is 1. The summed E-state index contributed by atoms with van der Waals surface area (Å²) in [6, 6.07) is 3.81. The molecule has 1 fully saturated rings. The zero-order valence-electron chi connectivity index (χ0n) is 14.4. The van der Waals surface area contributed by atoms with Gasteiger partial charge in [0.2, 0.25) is 5.95 Å². The van der Waals surface area contributed by atoms with E-state index in [9.17, 15) is 4.79 Å². The Balaban J connectivity index is 1.55. The Morgan fingerprint density at radius 2 is 2.16 bits per heavy atom. The van der Waals surface area contributed by atoms with E-state index in [2.05, 4.69) is 25.5 Å². The second-order valence-corrected chi connectivity index (χ2v) is 6.33. The van der Waals surface area contributed by atoms with Crippen LogP contribution in [0.4, 0.5) is 22.4 Å². The zero-order valence-corrected chi connectivity index (χ0v) is 14.4. The van der Waals surface area contributed by atoms with Gasteiger partial charge in [0.15, 0.2) is 5.82 Å². The first kappa shape index (κ1) is 17.0. The molecule has 1 aliphatic carbocycles. The van der Waals surface area contributed by atoms with Gasteiger partial charge in [0.05, 0.1) is 0 Å². The van der Waals surface area contributed by atoms with E-state index in [0.717, 1.165) is 11.5 Å². The van der Waals surface area contributed by atoms with Crippen LogP contribution < -0.4 is 10.2 Å². The number of anilines is 3. The maximum atomic E-state index is 10.8. The fraction of sp³-hybridized carbons (Fsp3) is 0.500. The van der Waals surface area contributed by atoms with E-state index in [1.165, 1.54) is 17.7 Å². The highest BCUT2D eigenvalue weighted by Crippen LogP contribution is 2.39. The van der Waals surface area contributed by atoms with E-state index >= 15 is 0 Å². The highest BCUT2D eigenvalue weighted by molar-refractivity contribution is 5.64. The lowest BCUT2D eigenvalue weighted by molar-refractivity contribution is 0.155. The number of hydrogen-bond acceptors (Lipinski definition) is 6. The van der Waals surface area contributed by atoms with Crippen molar-refractivity contribution < 1.29 is 9.90 Å². The third kappa shape index (κ3) is 4.59. The van der Waals surface area contributed by atoms with Crippen LogP contribution in [-0.2, 0) is 0 Å². The molecule has 0 atom stereocenters. The first-order valence-electron chi connectivity index (χ1n) is 8.33. The molecule has 0 bridgehead atoms. The molecule has 0 saturated heterocycles. The lowest BCUT2D eigenvalue weighted by atomic mass is 10.3. The Hall–Kier alpha value is -2.84. The minimum atomic E-state index is -0.922. The highest BCUT2D eigenvalue weighted by atomic mass is 16.4. The molecule has 0 aliphatic heterocycles. The van der Waals surface area contributed by atoms with Crippen LogP contribution in [-0.4, -0.2) is 63.4 Å². The third-order valence-electron chi connectivity index (χ3n) is 4.17. The Morgan fingerprint density at radius 3 is 2.88 bits per heavy atom. The van der Waals surface area contributed by atoms with E-state index in [0.29, 0.717) is 37.2 Å². The number of H-pyrrole nitrogens is 1. The second-order valence-electron chi connectivity index (χ2n) is 6.33. The summed E-state index contributed by atoms with van der Waals surface area (Å²) >= 11 is 0. The van der Waals surface area contributed by atoms with Crippen molar-refractivity contribution >= 4 is 23.7 Å². The first-order valence-corrected chi connectivity index (χ1v) is 8.33. The summed E-state index contributed by atoms with van der Waals surface area (Å²) in [6.07, 6.45) is 3.92. The Kier molecular flexibility index (Phi) is 5.01. The molecule has 9 nitrogen and oxygen atoms in total. The molecule has 2 aromatic rings. The summed E-state index contributed by atoms with van der Waals surface area (Å²) in [6.45, 7) is 1.13. The van der Waals surface area contributed by atoms with E-state index in [1.807, 2.05) is 18.0 Å². The number of carboxylic acid groups (broad SMARTS) is 1. The van der Waals surface area contributed by atoms with E-state index < -0.39 is 6.09 Å². The lowest BCUT2D eigenvalue weighted by Gasteiger charge is -2.19. The van der Waals surface area contributed by atoms with Crippen molar-refractivity contribution in [2.24, 2.45) is 0 Å². The van der Waals surface area contributed by atoms with Crippen LogP contribution in [0.5, 0.6) is 0 Å². The van der Waals surface area contributed by atoms with Gasteiger partial charge in [-0.05, 0) is 25.3 Å². The van der Waals surface area contributed by atoms with Crippen LogP contribution in [0.2, 0.25) is 0 Å².